The van der Waals surface area contributed by atoms with Crippen LogP contribution >= 0.6 is 0 Å². The van der Waals surface area contributed by atoms with Crippen molar-refractivity contribution < 1.29 is 0 Å². The first-order chi connectivity index (χ1) is 9.84. The molecule has 1 aromatic carbocycles. The van der Waals surface area contributed by atoms with Gasteiger partial charge < -0.3 is 9.88 Å². The molecule has 20 heavy (non-hydrogen) atoms. The van der Waals surface area contributed by atoms with Gasteiger partial charge in [0.1, 0.15) is 0 Å². The largest absolute Gasteiger partial charge is 0.312 e. The van der Waals surface area contributed by atoms with E-state index in [1.54, 1.807) is 6.07 Å². The minimum atomic E-state index is 0.0918. The van der Waals surface area contributed by atoms with Crippen molar-refractivity contribution in [1.29, 1.82) is 0 Å². The average Bonchev–Trinajstić information content (AvgIpc) is 2.50. The maximum atomic E-state index is 12.1. The van der Waals surface area contributed by atoms with Gasteiger partial charge in [-0.15, -0.1) is 0 Å². The van der Waals surface area contributed by atoms with Gasteiger partial charge in [-0.2, -0.15) is 0 Å². The van der Waals surface area contributed by atoms with Crippen molar-refractivity contribution in [3.63, 3.8) is 0 Å². The van der Waals surface area contributed by atoms with Gasteiger partial charge in [-0.3, -0.25) is 4.79 Å². The Balaban J connectivity index is 1.70. The van der Waals surface area contributed by atoms with Gasteiger partial charge in [-0.1, -0.05) is 37.5 Å². The Morgan fingerprint density at radius 2 is 1.85 bits per heavy atom. The van der Waals surface area contributed by atoms with E-state index in [2.05, 4.69) is 11.4 Å². The number of nitrogens with one attached hydrogen (secondary N) is 1. The van der Waals surface area contributed by atoms with E-state index in [0.717, 1.165) is 24.0 Å². The molecule has 1 saturated carbocycles. The summed E-state index contributed by atoms with van der Waals surface area (Å²) in [5.74, 6) is 0. The van der Waals surface area contributed by atoms with Crippen LogP contribution in [0, 0.1) is 0 Å². The number of pyridine rings is 1. The highest BCUT2D eigenvalue weighted by atomic mass is 16.1. The standard InChI is InChI=1S/C17H22N2O/c20-17-11-10-14-6-4-5-9-16(14)19(17)13-12-18-15-7-2-1-3-8-15/h4-6,9-11,15,18H,1-3,7-8,12-13H2. The first kappa shape index (κ1) is 13.4. The molecule has 1 aliphatic rings. The van der Waals surface area contributed by atoms with Crippen molar-refractivity contribution in [2.75, 3.05) is 6.54 Å². The monoisotopic (exact) mass is 270 g/mol. The number of benzene rings is 1. The molecule has 3 nitrogen and oxygen atoms in total. The highest BCUT2D eigenvalue weighted by Crippen LogP contribution is 2.17. The molecule has 1 fully saturated rings. The minimum Gasteiger partial charge on any atom is -0.312 e. The van der Waals surface area contributed by atoms with Crippen molar-refractivity contribution in [1.82, 2.24) is 9.88 Å². The number of hydrogen-bond acceptors (Lipinski definition) is 2. The van der Waals surface area contributed by atoms with Gasteiger partial charge in [0.15, 0.2) is 0 Å². The first-order valence-electron chi connectivity index (χ1n) is 7.66. The topological polar surface area (TPSA) is 34.0 Å². The highest BCUT2D eigenvalue weighted by molar-refractivity contribution is 5.78. The van der Waals surface area contributed by atoms with E-state index in [1.165, 1.54) is 32.1 Å². The third kappa shape index (κ3) is 2.93. The normalized spacial score (nSPS) is 16.6. The molecule has 1 aromatic heterocycles. The zero-order chi connectivity index (χ0) is 13.8. The van der Waals surface area contributed by atoms with E-state index in [-0.39, 0.29) is 5.56 Å². The zero-order valence-electron chi connectivity index (χ0n) is 11.8. The van der Waals surface area contributed by atoms with Gasteiger partial charge in [-0.05, 0) is 30.4 Å². The lowest BCUT2D eigenvalue weighted by Gasteiger charge is -2.23. The molecule has 1 N–H and O–H groups in total. The number of hydrogen-bond donors (Lipinski definition) is 1. The van der Waals surface area contributed by atoms with Crippen molar-refractivity contribution in [2.45, 2.75) is 44.7 Å². The van der Waals surface area contributed by atoms with Crippen molar-refractivity contribution in [3.8, 4) is 0 Å². The molecule has 1 heterocycles. The molecule has 0 amide bonds. The highest BCUT2D eigenvalue weighted by Gasteiger charge is 2.12. The van der Waals surface area contributed by atoms with E-state index >= 15 is 0 Å². The lowest BCUT2D eigenvalue weighted by molar-refractivity contribution is 0.368. The number of fused-ring (bicyclic) bond motifs is 1. The van der Waals surface area contributed by atoms with Gasteiger partial charge in [0.05, 0.1) is 5.52 Å². The molecular formula is C17H22N2O. The average molecular weight is 270 g/mol. The summed E-state index contributed by atoms with van der Waals surface area (Å²) < 4.78 is 1.88. The zero-order valence-corrected chi connectivity index (χ0v) is 11.8. The number of rotatable bonds is 4. The molecule has 0 aliphatic heterocycles. The summed E-state index contributed by atoms with van der Waals surface area (Å²) in [6.45, 7) is 1.62. The van der Waals surface area contributed by atoms with Crippen molar-refractivity contribution in [3.05, 3.63) is 46.8 Å². The van der Waals surface area contributed by atoms with Crippen LogP contribution < -0.4 is 10.9 Å². The summed E-state index contributed by atoms with van der Waals surface area (Å²) in [5.41, 5.74) is 1.12. The third-order valence-corrected chi connectivity index (χ3v) is 4.27. The fourth-order valence-electron chi connectivity index (χ4n) is 3.16. The fraction of sp³-hybridized carbons (Fsp3) is 0.471. The quantitative estimate of drug-likeness (QED) is 0.927. The van der Waals surface area contributed by atoms with E-state index in [9.17, 15) is 4.79 Å². The van der Waals surface area contributed by atoms with Gasteiger partial charge in [0.25, 0.3) is 5.56 Å². The predicted octanol–water partition coefficient (Wildman–Crippen LogP) is 2.92. The number of nitrogens with zero attached hydrogens (tertiary/aromatic N) is 1. The molecule has 0 bridgehead atoms. The maximum Gasteiger partial charge on any atom is 0.251 e. The molecule has 0 saturated heterocycles. The Morgan fingerprint density at radius 1 is 1.05 bits per heavy atom. The SMILES string of the molecule is O=c1ccc2ccccc2n1CCNC1CCCCC1. The molecule has 106 valence electrons. The number of para-hydroxylation sites is 1. The smallest absolute Gasteiger partial charge is 0.251 e. The van der Waals surface area contributed by atoms with Crippen LogP contribution in [0.3, 0.4) is 0 Å². The third-order valence-electron chi connectivity index (χ3n) is 4.27. The Bertz CT molecular complexity index is 626. The number of aromatic nitrogens is 1. The Kier molecular flexibility index (Phi) is 4.16. The van der Waals surface area contributed by atoms with Crippen LogP contribution in [-0.4, -0.2) is 17.2 Å². The molecule has 0 atom stereocenters. The predicted molar refractivity (Wildman–Crippen MR) is 83.1 cm³/mol. The second kappa shape index (κ2) is 6.23. The summed E-state index contributed by atoms with van der Waals surface area (Å²) >= 11 is 0. The van der Waals surface area contributed by atoms with Crippen LogP contribution in [0.4, 0.5) is 0 Å². The fourth-order valence-corrected chi connectivity index (χ4v) is 3.16. The van der Waals surface area contributed by atoms with Gasteiger partial charge in [0, 0.05) is 25.2 Å². The van der Waals surface area contributed by atoms with Gasteiger partial charge in [-0.25, -0.2) is 0 Å². The second-order valence-electron chi connectivity index (χ2n) is 5.67. The van der Waals surface area contributed by atoms with E-state index < -0.39 is 0 Å². The Hall–Kier alpha value is -1.61. The molecule has 3 heteroatoms. The molecular weight excluding hydrogens is 248 g/mol. The minimum absolute atomic E-state index is 0.0918. The van der Waals surface area contributed by atoms with Crippen LogP contribution in [0.25, 0.3) is 10.9 Å². The lowest BCUT2D eigenvalue weighted by Crippen LogP contribution is -2.35. The van der Waals surface area contributed by atoms with Crippen LogP contribution in [0.2, 0.25) is 0 Å². The van der Waals surface area contributed by atoms with E-state index in [0.29, 0.717) is 6.04 Å². The molecule has 0 spiro atoms. The van der Waals surface area contributed by atoms with Crippen LogP contribution in [-0.2, 0) is 6.54 Å². The van der Waals surface area contributed by atoms with Crippen LogP contribution in [0.5, 0.6) is 0 Å². The molecule has 2 aromatic rings. The van der Waals surface area contributed by atoms with Gasteiger partial charge in [0.2, 0.25) is 0 Å². The summed E-state index contributed by atoms with van der Waals surface area (Å²) in [5, 5.41) is 4.73. The van der Waals surface area contributed by atoms with Crippen LogP contribution in [0.15, 0.2) is 41.2 Å². The van der Waals surface area contributed by atoms with Crippen LogP contribution in [0.1, 0.15) is 32.1 Å². The molecule has 3 rings (SSSR count). The maximum absolute atomic E-state index is 12.1. The molecule has 0 radical (unpaired) electrons. The summed E-state index contributed by atoms with van der Waals surface area (Å²) in [7, 11) is 0. The first-order valence-corrected chi connectivity index (χ1v) is 7.66. The van der Waals surface area contributed by atoms with Gasteiger partial charge >= 0.3 is 0 Å². The van der Waals surface area contributed by atoms with E-state index in [4.69, 9.17) is 0 Å². The molecule has 1 aliphatic carbocycles. The Morgan fingerprint density at radius 3 is 2.70 bits per heavy atom. The Labute approximate surface area is 119 Å². The molecule has 0 unspecified atom stereocenters. The lowest BCUT2D eigenvalue weighted by atomic mass is 9.95. The second-order valence-corrected chi connectivity index (χ2v) is 5.67. The van der Waals surface area contributed by atoms with Crippen molar-refractivity contribution >= 4 is 10.9 Å². The van der Waals surface area contributed by atoms with Crippen molar-refractivity contribution in [2.24, 2.45) is 0 Å². The summed E-state index contributed by atoms with van der Waals surface area (Å²) in [4.78, 5) is 12.1. The van der Waals surface area contributed by atoms with E-state index in [1.807, 2.05) is 28.8 Å². The summed E-state index contributed by atoms with van der Waals surface area (Å²) in [6.07, 6.45) is 6.62. The summed E-state index contributed by atoms with van der Waals surface area (Å²) in [6, 6.07) is 12.3.